The third-order valence-electron chi connectivity index (χ3n) is 1.45. The van der Waals surface area contributed by atoms with E-state index in [1.54, 1.807) is 0 Å². The normalized spacial score (nSPS) is 9.50. The Morgan fingerprint density at radius 2 is 2.25 bits per heavy atom. The Hall–Kier alpha value is -1.22. The highest BCUT2D eigenvalue weighted by Gasteiger charge is 2.05. The molecular formula is C8H7ClO3. The van der Waals surface area contributed by atoms with E-state index in [-0.39, 0.29) is 17.3 Å². The molecule has 0 heterocycles. The maximum atomic E-state index is 10.8. The van der Waals surface area contributed by atoms with Gasteiger partial charge in [0.2, 0.25) is 0 Å². The Bertz CT molecular complexity index is 309. The maximum absolute atomic E-state index is 10.8. The molecule has 1 rings (SSSR count). The Kier molecular flexibility index (Phi) is 2.55. The van der Waals surface area contributed by atoms with Crippen molar-refractivity contribution in [2.24, 2.45) is 0 Å². The van der Waals surface area contributed by atoms with E-state index in [4.69, 9.17) is 17.0 Å². The van der Waals surface area contributed by atoms with E-state index >= 15 is 0 Å². The van der Waals surface area contributed by atoms with E-state index in [1.165, 1.54) is 25.1 Å². The Labute approximate surface area is 74.7 Å². The number of benzene rings is 1. The molecule has 0 spiro atoms. The number of phenols is 1. The van der Waals surface area contributed by atoms with Crippen LogP contribution in [0.25, 0.3) is 0 Å². The first-order valence-electron chi connectivity index (χ1n) is 3.27. The number of ketones is 1. The minimum Gasteiger partial charge on any atom is -0.504 e. The van der Waals surface area contributed by atoms with E-state index in [2.05, 4.69) is 4.29 Å². The van der Waals surface area contributed by atoms with Crippen LogP contribution in [-0.2, 0) is 0 Å². The van der Waals surface area contributed by atoms with Crippen LogP contribution in [0.1, 0.15) is 17.3 Å². The number of hydrogen-bond donors (Lipinski definition) is 1. The highest BCUT2D eigenvalue weighted by Crippen LogP contribution is 2.27. The third-order valence-corrected chi connectivity index (χ3v) is 1.62. The van der Waals surface area contributed by atoms with Gasteiger partial charge in [-0.05, 0) is 25.1 Å². The van der Waals surface area contributed by atoms with Gasteiger partial charge in [0.15, 0.2) is 17.3 Å². The van der Waals surface area contributed by atoms with E-state index in [1.807, 2.05) is 0 Å². The molecule has 12 heavy (non-hydrogen) atoms. The lowest BCUT2D eigenvalue weighted by Crippen LogP contribution is -1.91. The van der Waals surface area contributed by atoms with Crippen LogP contribution in [0.4, 0.5) is 0 Å². The molecule has 0 unspecified atom stereocenters. The van der Waals surface area contributed by atoms with Gasteiger partial charge >= 0.3 is 0 Å². The van der Waals surface area contributed by atoms with E-state index in [9.17, 15) is 4.79 Å². The number of halogens is 1. The van der Waals surface area contributed by atoms with Gasteiger partial charge < -0.3 is 9.40 Å². The highest BCUT2D eigenvalue weighted by molar-refractivity contribution is 6.09. The van der Waals surface area contributed by atoms with Crippen LogP contribution in [0.2, 0.25) is 0 Å². The molecule has 0 aliphatic heterocycles. The van der Waals surface area contributed by atoms with Gasteiger partial charge in [-0.1, -0.05) is 0 Å². The minimum atomic E-state index is -0.107. The zero-order valence-electron chi connectivity index (χ0n) is 6.37. The molecule has 1 aromatic rings. The van der Waals surface area contributed by atoms with Crippen molar-refractivity contribution in [3.05, 3.63) is 23.8 Å². The fraction of sp³-hybridized carbons (Fsp3) is 0.125. The number of carbonyl (C=O) groups excluding carboxylic acids is 1. The SMILES string of the molecule is CC(=O)c1ccc(O)c(OCl)c1. The summed E-state index contributed by atoms with van der Waals surface area (Å²) in [6, 6.07) is 4.23. The lowest BCUT2D eigenvalue weighted by molar-refractivity contribution is 0.101. The van der Waals surface area contributed by atoms with Gasteiger partial charge in [-0.3, -0.25) is 4.79 Å². The van der Waals surface area contributed by atoms with Crippen LogP contribution in [0.5, 0.6) is 11.5 Å². The molecule has 0 fully saturated rings. The largest absolute Gasteiger partial charge is 0.504 e. The van der Waals surface area contributed by atoms with Crippen LogP contribution in [0.3, 0.4) is 0 Å². The molecule has 0 aliphatic rings. The summed E-state index contributed by atoms with van der Waals surface area (Å²) in [7, 11) is 0. The first-order chi connectivity index (χ1) is 5.65. The summed E-state index contributed by atoms with van der Waals surface area (Å²) in [5, 5.41) is 9.10. The average molecular weight is 187 g/mol. The molecule has 0 radical (unpaired) electrons. The first kappa shape index (κ1) is 8.87. The molecule has 0 saturated heterocycles. The zero-order chi connectivity index (χ0) is 9.14. The molecule has 0 aliphatic carbocycles. The molecule has 0 aromatic heterocycles. The quantitative estimate of drug-likeness (QED) is 0.720. The molecule has 1 aromatic carbocycles. The van der Waals surface area contributed by atoms with Gasteiger partial charge in [-0.25, -0.2) is 0 Å². The Balaban J connectivity index is 3.13. The van der Waals surface area contributed by atoms with Crippen LogP contribution < -0.4 is 4.29 Å². The number of phenolic OH excluding ortho intramolecular Hbond substituents is 1. The summed E-state index contributed by atoms with van der Waals surface area (Å²) >= 11 is 5.04. The van der Waals surface area contributed by atoms with Gasteiger partial charge in [-0.2, -0.15) is 0 Å². The smallest absolute Gasteiger partial charge is 0.188 e. The Morgan fingerprint density at radius 3 is 2.75 bits per heavy atom. The van der Waals surface area contributed by atoms with Gasteiger partial charge in [0.25, 0.3) is 0 Å². The first-order valence-corrected chi connectivity index (χ1v) is 3.58. The van der Waals surface area contributed by atoms with E-state index in [0.29, 0.717) is 5.56 Å². The van der Waals surface area contributed by atoms with Gasteiger partial charge in [0.1, 0.15) is 11.9 Å². The summed E-state index contributed by atoms with van der Waals surface area (Å²) in [6.07, 6.45) is 0. The van der Waals surface area contributed by atoms with E-state index < -0.39 is 0 Å². The molecular weight excluding hydrogens is 180 g/mol. The topological polar surface area (TPSA) is 46.5 Å². The second-order valence-corrected chi connectivity index (χ2v) is 2.47. The number of hydrogen-bond acceptors (Lipinski definition) is 3. The van der Waals surface area contributed by atoms with Crippen LogP contribution in [-0.4, -0.2) is 10.9 Å². The number of carbonyl (C=O) groups is 1. The molecule has 1 N–H and O–H groups in total. The molecule has 0 amide bonds. The monoisotopic (exact) mass is 186 g/mol. The van der Waals surface area contributed by atoms with Crippen molar-refractivity contribution in [2.75, 3.05) is 0 Å². The lowest BCUT2D eigenvalue weighted by atomic mass is 10.1. The molecule has 0 saturated carbocycles. The predicted octanol–water partition coefficient (Wildman–Crippen LogP) is 2.13. The fourth-order valence-electron chi connectivity index (χ4n) is 0.795. The maximum Gasteiger partial charge on any atom is 0.188 e. The van der Waals surface area contributed by atoms with Crippen molar-refractivity contribution in [3.8, 4) is 11.5 Å². The fourth-order valence-corrected chi connectivity index (χ4v) is 0.919. The zero-order valence-corrected chi connectivity index (χ0v) is 7.13. The summed E-state index contributed by atoms with van der Waals surface area (Å²) < 4.78 is 4.31. The van der Waals surface area contributed by atoms with Crippen molar-refractivity contribution in [3.63, 3.8) is 0 Å². The second-order valence-electron chi connectivity index (χ2n) is 2.32. The summed E-state index contributed by atoms with van der Waals surface area (Å²) in [6.45, 7) is 1.42. The molecule has 64 valence electrons. The van der Waals surface area contributed by atoms with Crippen LogP contribution in [0, 0.1) is 0 Å². The third kappa shape index (κ3) is 1.68. The number of Topliss-reactive ketones (excluding diaryl/α,β-unsaturated/α-hetero) is 1. The molecule has 0 atom stereocenters. The van der Waals surface area contributed by atoms with Crippen molar-refractivity contribution >= 4 is 17.6 Å². The highest BCUT2D eigenvalue weighted by atomic mass is 35.5. The number of rotatable bonds is 2. The lowest BCUT2D eigenvalue weighted by Gasteiger charge is -2.01. The van der Waals surface area contributed by atoms with Crippen LogP contribution >= 0.6 is 11.9 Å². The van der Waals surface area contributed by atoms with Crippen LogP contribution in [0.15, 0.2) is 18.2 Å². The average Bonchev–Trinajstić information content (AvgIpc) is 2.05. The van der Waals surface area contributed by atoms with Crippen molar-refractivity contribution in [1.82, 2.24) is 0 Å². The summed E-state index contributed by atoms with van der Waals surface area (Å²) in [5.41, 5.74) is 0.448. The summed E-state index contributed by atoms with van der Waals surface area (Å²) in [4.78, 5) is 10.8. The molecule has 4 heteroatoms. The number of aromatic hydroxyl groups is 1. The molecule has 0 bridgehead atoms. The minimum absolute atomic E-state index is 0.0874. The van der Waals surface area contributed by atoms with E-state index in [0.717, 1.165) is 0 Å². The van der Waals surface area contributed by atoms with Crippen molar-refractivity contribution < 1.29 is 14.2 Å². The van der Waals surface area contributed by atoms with Crippen molar-refractivity contribution in [2.45, 2.75) is 6.92 Å². The summed E-state index contributed by atoms with van der Waals surface area (Å²) in [5.74, 6) is -0.107. The standard InChI is InChI=1S/C8H7ClO3/c1-5(10)6-2-3-7(11)8(4-6)12-9/h2-4,11H,1H3. The van der Waals surface area contributed by atoms with Gasteiger partial charge in [0.05, 0.1) is 0 Å². The van der Waals surface area contributed by atoms with Gasteiger partial charge in [0, 0.05) is 5.56 Å². The molecule has 3 nitrogen and oxygen atoms in total. The van der Waals surface area contributed by atoms with Gasteiger partial charge in [-0.15, -0.1) is 0 Å². The Morgan fingerprint density at radius 1 is 1.58 bits per heavy atom. The second kappa shape index (κ2) is 3.45. The predicted molar refractivity (Wildman–Crippen MR) is 44.6 cm³/mol. The van der Waals surface area contributed by atoms with Crippen molar-refractivity contribution in [1.29, 1.82) is 0 Å².